The fourth-order valence-corrected chi connectivity index (χ4v) is 2.73. The van der Waals surface area contributed by atoms with Crippen molar-refractivity contribution in [3.05, 3.63) is 65.2 Å². The molecule has 128 valence electrons. The number of ether oxygens (including phenoxy) is 2. The molecule has 0 atom stereocenters. The van der Waals surface area contributed by atoms with Crippen molar-refractivity contribution >= 4 is 5.69 Å². The molecule has 0 aliphatic carbocycles. The molecule has 2 aromatic carbocycles. The van der Waals surface area contributed by atoms with Gasteiger partial charge in [-0.05, 0) is 62.1 Å². The van der Waals surface area contributed by atoms with E-state index in [2.05, 4.69) is 50.0 Å². The molecule has 0 heterocycles. The molecule has 0 bridgehead atoms. The zero-order valence-corrected chi connectivity index (χ0v) is 15.1. The summed E-state index contributed by atoms with van der Waals surface area (Å²) in [6.45, 7) is 11.4. The average molecular weight is 325 g/mol. The lowest BCUT2D eigenvalue weighted by molar-refractivity contribution is 0.308. The Bertz CT molecular complexity index is 707. The van der Waals surface area contributed by atoms with E-state index in [0.29, 0.717) is 6.61 Å². The Labute approximate surface area is 145 Å². The largest absolute Gasteiger partial charge is 0.493 e. The Balaban J connectivity index is 2.28. The minimum absolute atomic E-state index is 0.612. The van der Waals surface area contributed by atoms with E-state index in [1.807, 2.05) is 19.1 Å². The second kappa shape index (κ2) is 8.44. The van der Waals surface area contributed by atoms with Crippen molar-refractivity contribution in [1.29, 1.82) is 0 Å². The number of allylic oxidation sites excluding steroid dienone is 1. The average Bonchev–Trinajstić information content (AvgIpc) is 2.58. The van der Waals surface area contributed by atoms with E-state index >= 15 is 0 Å². The highest BCUT2D eigenvalue weighted by Gasteiger charge is 2.12. The van der Waals surface area contributed by atoms with Crippen LogP contribution >= 0.6 is 0 Å². The maximum absolute atomic E-state index is 5.77. The Hall–Kier alpha value is -2.42. The Morgan fingerprint density at radius 1 is 1.21 bits per heavy atom. The highest BCUT2D eigenvalue weighted by atomic mass is 16.5. The summed E-state index contributed by atoms with van der Waals surface area (Å²) in [7, 11) is 1.68. The Morgan fingerprint density at radius 2 is 2.00 bits per heavy atom. The van der Waals surface area contributed by atoms with E-state index in [4.69, 9.17) is 9.47 Å². The minimum Gasteiger partial charge on any atom is -0.493 e. The van der Waals surface area contributed by atoms with Crippen LogP contribution in [-0.4, -0.2) is 13.7 Å². The first kappa shape index (κ1) is 17.9. The van der Waals surface area contributed by atoms with Crippen molar-refractivity contribution in [3.8, 4) is 11.5 Å². The van der Waals surface area contributed by atoms with Crippen LogP contribution in [0, 0.1) is 13.8 Å². The summed E-state index contributed by atoms with van der Waals surface area (Å²) < 4.78 is 11.3. The smallest absolute Gasteiger partial charge is 0.164 e. The van der Waals surface area contributed by atoms with Gasteiger partial charge in [0.25, 0.3) is 0 Å². The van der Waals surface area contributed by atoms with Crippen LogP contribution in [0.2, 0.25) is 0 Å². The first-order valence-corrected chi connectivity index (χ1v) is 8.34. The predicted molar refractivity (Wildman–Crippen MR) is 101 cm³/mol. The molecular formula is C21H27NO2. The van der Waals surface area contributed by atoms with Crippen LogP contribution in [-0.2, 0) is 13.0 Å². The third-order valence-electron chi connectivity index (χ3n) is 4.15. The molecule has 0 aliphatic rings. The number of anilines is 1. The number of hydrogen-bond acceptors (Lipinski definition) is 3. The molecule has 0 saturated carbocycles. The van der Waals surface area contributed by atoms with Gasteiger partial charge in [-0.15, -0.1) is 6.58 Å². The normalized spacial score (nSPS) is 10.3. The van der Waals surface area contributed by atoms with Gasteiger partial charge in [-0.3, -0.25) is 0 Å². The standard InChI is InChI=1S/C21H27NO2/c1-6-9-18-12-17(13-20(23-5)21(18)24-7-2)14-22-19-11-8-10-15(3)16(19)4/h6,8,10-13,22H,1,7,9,14H2,2-5H3. The second-order valence-corrected chi connectivity index (χ2v) is 5.81. The monoisotopic (exact) mass is 325 g/mol. The SMILES string of the molecule is C=CCc1cc(CNc2cccc(C)c2C)cc(OC)c1OCC. The molecule has 0 aliphatic heterocycles. The van der Waals surface area contributed by atoms with Gasteiger partial charge in [-0.2, -0.15) is 0 Å². The van der Waals surface area contributed by atoms with Crippen LogP contribution in [0.4, 0.5) is 5.69 Å². The lowest BCUT2D eigenvalue weighted by atomic mass is 10.0. The maximum atomic E-state index is 5.77. The van der Waals surface area contributed by atoms with E-state index in [9.17, 15) is 0 Å². The van der Waals surface area contributed by atoms with Crippen molar-refractivity contribution < 1.29 is 9.47 Å². The molecule has 3 nitrogen and oxygen atoms in total. The van der Waals surface area contributed by atoms with Crippen molar-refractivity contribution in [2.45, 2.75) is 33.7 Å². The fourth-order valence-electron chi connectivity index (χ4n) is 2.73. The van der Waals surface area contributed by atoms with Crippen molar-refractivity contribution in [2.75, 3.05) is 19.0 Å². The van der Waals surface area contributed by atoms with Crippen LogP contribution in [0.5, 0.6) is 11.5 Å². The molecule has 0 radical (unpaired) electrons. The third-order valence-corrected chi connectivity index (χ3v) is 4.15. The van der Waals surface area contributed by atoms with Crippen LogP contribution in [0.1, 0.15) is 29.2 Å². The summed E-state index contributed by atoms with van der Waals surface area (Å²) in [4.78, 5) is 0. The van der Waals surface area contributed by atoms with Gasteiger partial charge in [-0.1, -0.05) is 18.2 Å². The quantitative estimate of drug-likeness (QED) is 0.689. The lowest BCUT2D eigenvalue weighted by Gasteiger charge is -2.17. The van der Waals surface area contributed by atoms with Gasteiger partial charge < -0.3 is 14.8 Å². The van der Waals surface area contributed by atoms with Gasteiger partial charge in [0.1, 0.15) is 0 Å². The van der Waals surface area contributed by atoms with Crippen molar-refractivity contribution in [3.63, 3.8) is 0 Å². The van der Waals surface area contributed by atoms with Crippen LogP contribution in [0.3, 0.4) is 0 Å². The number of nitrogens with one attached hydrogen (secondary N) is 1. The maximum Gasteiger partial charge on any atom is 0.164 e. The molecule has 0 spiro atoms. The topological polar surface area (TPSA) is 30.5 Å². The van der Waals surface area contributed by atoms with Crippen LogP contribution < -0.4 is 14.8 Å². The number of methoxy groups -OCH3 is 1. The van der Waals surface area contributed by atoms with Crippen molar-refractivity contribution in [1.82, 2.24) is 0 Å². The highest BCUT2D eigenvalue weighted by molar-refractivity contribution is 5.55. The summed E-state index contributed by atoms with van der Waals surface area (Å²) in [6, 6.07) is 10.5. The van der Waals surface area contributed by atoms with E-state index in [-0.39, 0.29) is 0 Å². The van der Waals surface area contributed by atoms with Crippen molar-refractivity contribution in [2.24, 2.45) is 0 Å². The third kappa shape index (κ3) is 4.10. The van der Waals surface area contributed by atoms with Gasteiger partial charge in [0.15, 0.2) is 11.5 Å². The first-order valence-electron chi connectivity index (χ1n) is 8.34. The Kier molecular flexibility index (Phi) is 6.30. The van der Waals surface area contributed by atoms with E-state index in [0.717, 1.165) is 41.3 Å². The molecule has 0 fully saturated rings. The molecule has 0 amide bonds. The van der Waals surface area contributed by atoms with E-state index in [1.165, 1.54) is 11.1 Å². The van der Waals surface area contributed by atoms with Crippen LogP contribution in [0.25, 0.3) is 0 Å². The second-order valence-electron chi connectivity index (χ2n) is 5.81. The number of benzene rings is 2. The predicted octanol–water partition coefficient (Wildman–Crippen LogP) is 5.05. The van der Waals surface area contributed by atoms with Gasteiger partial charge in [0.05, 0.1) is 13.7 Å². The molecule has 0 unspecified atom stereocenters. The Morgan fingerprint density at radius 3 is 2.67 bits per heavy atom. The molecule has 2 aromatic rings. The summed E-state index contributed by atoms with van der Waals surface area (Å²) in [5.74, 6) is 1.59. The van der Waals surface area contributed by atoms with Gasteiger partial charge in [-0.25, -0.2) is 0 Å². The molecule has 24 heavy (non-hydrogen) atoms. The zero-order valence-electron chi connectivity index (χ0n) is 15.1. The number of hydrogen-bond donors (Lipinski definition) is 1. The van der Waals surface area contributed by atoms with E-state index < -0.39 is 0 Å². The van der Waals surface area contributed by atoms with Gasteiger partial charge in [0.2, 0.25) is 0 Å². The molecule has 1 N–H and O–H groups in total. The lowest BCUT2D eigenvalue weighted by Crippen LogP contribution is -2.05. The van der Waals surface area contributed by atoms with Gasteiger partial charge in [0, 0.05) is 17.8 Å². The molecular weight excluding hydrogens is 298 g/mol. The summed E-state index contributed by atoms with van der Waals surface area (Å²) >= 11 is 0. The summed E-state index contributed by atoms with van der Waals surface area (Å²) in [5.41, 5.74) is 5.99. The minimum atomic E-state index is 0.612. The zero-order chi connectivity index (χ0) is 17.5. The summed E-state index contributed by atoms with van der Waals surface area (Å²) in [6.07, 6.45) is 2.64. The fraction of sp³-hybridized carbons (Fsp3) is 0.333. The molecule has 3 heteroatoms. The van der Waals surface area contributed by atoms with Gasteiger partial charge >= 0.3 is 0 Å². The first-order chi connectivity index (χ1) is 11.6. The number of rotatable bonds is 8. The highest BCUT2D eigenvalue weighted by Crippen LogP contribution is 2.34. The number of aryl methyl sites for hydroxylation is 1. The molecule has 2 rings (SSSR count). The molecule has 0 aromatic heterocycles. The van der Waals surface area contributed by atoms with Crippen LogP contribution in [0.15, 0.2) is 43.0 Å². The van der Waals surface area contributed by atoms with E-state index in [1.54, 1.807) is 7.11 Å². The summed E-state index contributed by atoms with van der Waals surface area (Å²) in [5, 5.41) is 3.52. The molecule has 0 saturated heterocycles.